The highest BCUT2D eigenvalue weighted by atomic mass is 19.4. The lowest BCUT2D eigenvalue weighted by atomic mass is 10.2. The van der Waals surface area contributed by atoms with Gasteiger partial charge < -0.3 is 10.1 Å². The van der Waals surface area contributed by atoms with Crippen LogP contribution in [0.25, 0.3) is 0 Å². The fourth-order valence-electron chi connectivity index (χ4n) is 1.98. The Kier molecular flexibility index (Phi) is 5.79. The fraction of sp³-hybridized carbons (Fsp3) is 0.312. The summed E-state index contributed by atoms with van der Waals surface area (Å²) >= 11 is 0. The lowest BCUT2D eigenvalue weighted by molar-refractivity contribution is -0.137. The van der Waals surface area contributed by atoms with Crippen molar-refractivity contribution in [3.05, 3.63) is 58.0 Å². The third kappa shape index (κ3) is 5.63. The van der Waals surface area contributed by atoms with E-state index in [1.165, 1.54) is 18.2 Å². The summed E-state index contributed by atoms with van der Waals surface area (Å²) in [5, 5.41) is 6.43. The highest BCUT2D eigenvalue weighted by Gasteiger charge is 2.30. The molecule has 0 saturated heterocycles. The zero-order chi connectivity index (χ0) is 18.4. The Labute approximate surface area is 141 Å². The van der Waals surface area contributed by atoms with Crippen molar-refractivity contribution < 1.29 is 22.7 Å². The molecule has 1 N–H and O–H groups in total. The maximum Gasteiger partial charge on any atom is 0.416 e. The molecule has 1 amide bonds. The van der Waals surface area contributed by atoms with Crippen LogP contribution in [-0.2, 0) is 17.5 Å². The van der Waals surface area contributed by atoms with Gasteiger partial charge in [0.05, 0.1) is 17.8 Å². The van der Waals surface area contributed by atoms with E-state index in [0.717, 1.165) is 16.8 Å². The molecular weight excluding hydrogens is 339 g/mol. The molecule has 0 aliphatic carbocycles. The molecule has 25 heavy (non-hydrogen) atoms. The monoisotopic (exact) mass is 355 g/mol. The van der Waals surface area contributed by atoms with Crippen LogP contribution in [0.5, 0.6) is 5.75 Å². The molecule has 0 unspecified atom stereocenters. The van der Waals surface area contributed by atoms with Crippen molar-refractivity contribution in [3.63, 3.8) is 0 Å². The van der Waals surface area contributed by atoms with Crippen LogP contribution in [0, 0.1) is 6.92 Å². The predicted molar refractivity (Wildman–Crippen MR) is 83.2 cm³/mol. The Balaban J connectivity index is 1.80. The number of carbonyl (C=O) groups excluding carboxylic acids is 1. The number of nitrogens with zero attached hydrogens (tertiary/aromatic N) is 2. The van der Waals surface area contributed by atoms with Crippen LogP contribution in [0.4, 0.5) is 13.2 Å². The third-order valence-corrected chi connectivity index (χ3v) is 3.15. The lowest BCUT2D eigenvalue weighted by Gasteiger charge is -2.11. The number of alkyl halides is 3. The number of rotatable bonds is 6. The van der Waals surface area contributed by atoms with Crippen LogP contribution >= 0.6 is 0 Å². The largest absolute Gasteiger partial charge is 0.492 e. The maximum atomic E-state index is 12.6. The summed E-state index contributed by atoms with van der Waals surface area (Å²) in [6.07, 6.45) is -4.44. The molecule has 0 saturated carbocycles. The van der Waals surface area contributed by atoms with E-state index < -0.39 is 23.2 Å². The molecule has 2 rings (SSSR count). The molecule has 0 atom stereocenters. The molecule has 2 aromatic rings. The van der Waals surface area contributed by atoms with Crippen molar-refractivity contribution in [2.45, 2.75) is 19.6 Å². The first-order chi connectivity index (χ1) is 11.8. The quantitative estimate of drug-likeness (QED) is 0.802. The van der Waals surface area contributed by atoms with Gasteiger partial charge in [-0.1, -0.05) is 6.07 Å². The van der Waals surface area contributed by atoms with Gasteiger partial charge in [0.25, 0.3) is 5.56 Å². The minimum atomic E-state index is -4.44. The van der Waals surface area contributed by atoms with E-state index >= 15 is 0 Å². The van der Waals surface area contributed by atoms with Gasteiger partial charge in [-0.05, 0) is 31.2 Å². The molecule has 0 fully saturated rings. The predicted octanol–water partition coefficient (Wildman–Crippen LogP) is 1.77. The zero-order valence-corrected chi connectivity index (χ0v) is 13.3. The van der Waals surface area contributed by atoms with Gasteiger partial charge >= 0.3 is 6.18 Å². The molecule has 1 aromatic carbocycles. The number of hydrogen-bond acceptors (Lipinski definition) is 4. The number of halogens is 3. The van der Waals surface area contributed by atoms with E-state index in [1.54, 1.807) is 13.0 Å². The minimum absolute atomic E-state index is 0.0107. The summed E-state index contributed by atoms with van der Waals surface area (Å²) < 4.78 is 44.0. The zero-order valence-electron chi connectivity index (χ0n) is 13.3. The molecule has 0 aliphatic rings. The van der Waals surface area contributed by atoms with Crippen LogP contribution in [0.3, 0.4) is 0 Å². The normalized spacial score (nSPS) is 11.2. The first kappa shape index (κ1) is 18.5. The molecule has 0 bridgehead atoms. The van der Waals surface area contributed by atoms with Crippen LogP contribution in [0.2, 0.25) is 0 Å². The Bertz CT molecular complexity index is 803. The van der Waals surface area contributed by atoms with Gasteiger partial charge in [0.2, 0.25) is 5.91 Å². The van der Waals surface area contributed by atoms with E-state index in [-0.39, 0.29) is 25.4 Å². The molecule has 0 spiro atoms. The van der Waals surface area contributed by atoms with Gasteiger partial charge in [-0.2, -0.15) is 18.3 Å². The second-order valence-corrected chi connectivity index (χ2v) is 5.19. The first-order valence-corrected chi connectivity index (χ1v) is 7.37. The van der Waals surface area contributed by atoms with Crippen molar-refractivity contribution in [2.75, 3.05) is 13.2 Å². The molecule has 1 heterocycles. The van der Waals surface area contributed by atoms with Crippen LogP contribution in [0.1, 0.15) is 11.3 Å². The molecule has 6 nitrogen and oxygen atoms in total. The van der Waals surface area contributed by atoms with Gasteiger partial charge in [0.1, 0.15) is 18.9 Å². The number of benzene rings is 1. The number of nitrogens with one attached hydrogen (secondary N) is 1. The Morgan fingerprint density at radius 3 is 2.76 bits per heavy atom. The number of amides is 1. The van der Waals surface area contributed by atoms with Crippen molar-refractivity contribution in [2.24, 2.45) is 0 Å². The van der Waals surface area contributed by atoms with E-state index in [1.807, 2.05) is 0 Å². The van der Waals surface area contributed by atoms with E-state index in [4.69, 9.17) is 4.74 Å². The Morgan fingerprint density at radius 2 is 2.04 bits per heavy atom. The average molecular weight is 355 g/mol. The molecule has 0 aliphatic heterocycles. The van der Waals surface area contributed by atoms with Gasteiger partial charge in [0.15, 0.2) is 0 Å². The molecular formula is C16H16F3N3O3. The number of carbonyl (C=O) groups is 1. The van der Waals surface area contributed by atoms with Gasteiger partial charge in [-0.3, -0.25) is 9.59 Å². The fourth-order valence-corrected chi connectivity index (χ4v) is 1.98. The van der Waals surface area contributed by atoms with E-state index in [2.05, 4.69) is 10.4 Å². The summed E-state index contributed by atoms with van der Waals surface area (Å²) in [6.45, 7) is 1.51. The number of aromatic nitrogens is 2. The van der Waals surface area contributed by atoms with Crippen LogP contribution in [0.15, 0.2) is 41.2 Å². The maximum absolute atomic E-state index is 12.6. The van der Waals surface area contributed by atoms with E-state index in [9.17, 15) is 22.8 Å². The second kappa shape index (κ2) is 7.82. The molecule has 134 valence electrons. The van der Waals surface area contributed by atoms with Gasteiger partial charge in [-0.25, -0.2) is 4.68 Å². The summed E-state index contributed by atoms with van der Waals surface area (Å²) in [7, 11) is 0. The van der Waals surface area contributed by atoms with Crippen molar-refractivity contribution in [3.8, 4) is 5.75 Å². The standard InChI is InChI=1S/C16H16F3N3O3/c1-11-5-6-15(24)22(21-11)10-14(23)20-7-8-25-13-4-2-3-12(9-13)16(17,18)19/h2-6,9H,7-8,10H2,1H3,(H,20,23). The molecule has 1 aromatic heterocycles. The van der Waals surface area contributed by atoms with Crippen LogP contribution in [-0.4, -0.2) is 28.8 Å². The lowest BCUT2D eigenvalue weighted by Crippen LogP contribution is -2.35. The topological polar surface area (TPSA) is 73.2 Å². The Hall–Kier alpha value is -2.84. The Morgan fingerprint density at radius 1 is 1.28 bits per heavy atom. The van der Waals surface area contributed by atoms with Crippen molar-refractivity contribution in [1.29, 1.82) is 0 Å². The number of ether oxygens (including phenoxy) is 1. The first-order valence-electron chi connectivity index (χ1n) is 7.37. The van der Waals surface area contributed by atoms with Crippen molar-refractivity contribution >= 4 is 5.91 Å². The van der Waals surface area contributed by atoms with Crippen LogP contribution < -0.4 is 15.6 Å². The second-order valence-electron chi connectivity index (χ2n) is 5.19. The highest BCUT2D eigenvalue weighted by Crippen LogP contribution is 2.31. The number of aryl methyl sites for hydroxylation is 1. The van der Waals surface area contributed by atoms with Gasteiger partial charge in [-0.15, -0.1) is 0 Å². The molecule has 9 heteroatoms. The van der Waals surface area contributed by atoms with E-state index in [0.29, 0.717) is 5.69 Å². The van der Waals surface area contributed by atoms with Crippen molar-refractivity contribution in [1.82, 2.24) is 15.1 Å². The minimum Gasteiger partial charge on any atom is -0.492 e. The molecule has 0 radical (unpaired) electrons. The summed E-state index contributed by atoms with van der Waals surface area (Å²) in [5.74, 6) is -0.395. The third-order valence-electron chi connectivity index (χ3n) is 3.15. The smallest absolute Gasteiger partial charge is 0.416 e. The summed E-state index contributed by atoms with van der Waals surface area (Å²) in [5.41, 5.74) is -0.611. The summed E-state index contributed by atoms with van der Waals surface area (Å²) in [4.78, 5) is 23.3. The van der Waals surface area contributed by atoms with Gasteiger partial charge in [0, 0.05) is 6.07 Å². The number of hydrogen-bond donors (Lipinski definition) is 1. The summed E-state index contributed by atoms with van der Waals surface area (Å²) in [6, 6.07) is 7.32. The average Bonchev–Trinajstić information content (AvgIpc) is 2.54. The highest BCUT2D eigenvalue weighted by molar-refractivity contribution is 5.75. The SMILES string of the molecule is Cc1ccc(=O)n(CC(=O)NCCOc2cccc(C(F)(F)F)c2)n1.